The van der Waals surface area contributed by atoms with Gasteiger partial charge in [-0.3, -0.25) is 4.79 Å². The Morgan fingerprint density at radius 3 is 2.81 bits per heavy atom. The number of para-hydroxylation sites is 1. The predicted molar refractivity (Wildman–Crippen MR) is 57.2 cm³/mol. The van der Waals surface area contributed by atoms with E-state index in [1.807, 2.05) is 0 Å². The lowest BCUT2D eigenvalue weighted by Gasteiger charge is -1.98. The molecule has 82 valence electrons. The van der Waals surface area contributed by atoms with Crippen LogP contribution in [0, 0.1) is 0 Å². The number of carbonyl (C=O) groups is 2. The van der Waals surface area contributed by atoms with Crippen LogP contribution in [0.3, 0.4) is 0 Å². The summed E-state index contributed by atoms with van der Waals surface area (Å²) in [4.78, 5) is 22.9. The summed E-state index contributed by atoms with van der Waals surface area (Å²) in [5.41, 5.74) is 0.823. The Hall–Kier alpha value is -2.10. The van der Waals surface area contributed by atoms with E-state index >= 15 is 0 Å². The lowest BCUT2D eigenvalue weighted by Crippen LogP contribution is -2.16. The summed E-state index contributed by atoms with van der Waals surface area (Å²) >= 11 is 0. The first-order chi connectivity index (χ1) is 7.74. The fourth-order valence-corrected chi connectivity index (χ4v) is 1.46. The van der Waals surface area contributed by atoms with Gasteiger partial charge in [0.05, 0.1) is 12.2 Å². The molecule has 0 spiro atoms. The highest BCUT2D eigenvalue weighted by Crippen LogP contribution is 2.21. The molecule has 0 bridgehead atoms. The molecular formula is C12H10O4. The van der Waals surface area contributed by atoms with Gasteiger partial charge in [0, 0.05) is 5.39 Å². The molecule has 16 heavy (non-hydrogen) atoms. The van der Waals surface area contributed by atoms with Crippen LogP contribution in [0.2, 0.25) is 0 Å². The van der Waals surface area contributed by atoms with Crippen molar-refractivity contribution in [3.63, 3.8) is 0 Å². The molecule has 0 aliphatic carbocycles. The van der Waals surface area contributed by atoms with Gasteiger partial charge in [-0.1, -0.05) is 18.2 Å². The third-order valence-corrected chi connectivity index (χ3v) is 2.19. The van der Waals surface area contributed by atoms with Crippen molar-refractivity contribution in [2.75, 3.05) is 6.61 Å². The van der Waals surface area contributed by atoms with Gasteiger partial charge in [0.15, 0.2) is 0 Å². The maximum absolute atomic E-state index is 11.7. The molecule has 0 aliphatic heterocycles. The molecule has 1 aromatic carbocycles. The van der Waals surface area contributed by atoms with Crippen LogP contribution in [0.1, 0.15) is 17.3 Å². The van der Waals surface area contributed by atoms with Gasteiger partial charge in [-0.15, -0.1) is 0 Å². The maximum Gasteiger partial charge on any atom is 0.379 e. The standard InChI is InChI=1S/C12H10O4/c1-2-15-12(14)11(13)9-7-16-10-6-4-3-5-8(9)10/h3-7H,2H2,1H3. The number of hydrogen-bond acceptors (Lipinski definition) is 4. The molecule has 0 aliphatic rings. The van der Waals surface area contributed by atoms with Gasteiger partial charge >= 0.3 is 5.97 Å². The first kappa shape index (κ1) is 10.4. The highest BCUT2D eigenvalue weighted by atomic mass is 16.5. The quantitative estimate of drug-likeness (QED) is 0.450. The number of esters is 1. The molecule has 0 fully saturated rings. The molecule has 0 unspecified atom stereocenters. The van der Waals surface area contributed by atoms with Crippen LogP contribution in [-0.4, -0.2) is 18.4 Å². The second-order valence-corrected chi connectivity index (χ2v) is 3.20. The number of benzene rings is 1. The van der Waals surface area contributed by atoms with Gasteiger partial charge in [-0.25, -0.2) is 4.79 Å². The fourth-order valence-electron chi connectivity index (χ4n) is 1.46. The maximum atomic E-state index is 11.7. The first-order valence-electron chi connectivity index (χ1n) is 4.91. The van der Waals surface area contributed by atoms with Crippen LogP contribution in [-0.2, 0) is 9.53 Å². The molecule has 4 heteroatoms. The Morgan fingerprint density at radius 2 is 2.06 bits per heavy atom. The van der Waals surface area contributed by atoms with Gasteiger partial charge in [-0.05, 0) is 13.0 Å². The van der Waals surface area contributed by atoms with E-state index in [1.165, 1.54) is 6.26 Å². The first-order valence-corrected chi connectivity index (χ1v) is 4.91. The lowest BCUT2D eigenvalue weighted by molar-refractivity contribution is -0.137. The molecule has 0 saturated carbocycles. The normalized spacial score (nSPS) is 10.3. The largest absolute Gasteiger partial charge is 0.464 e. The molecule has 0 N–H and O–H groups in total. The summed E-state index contributed by atoms with van der Waals surface area (Å²) in [6.07, 6.45) is 1.28. The molecular weight excluding hydrogens is 208 g/mol. The minimum Gasteiger partial charge on any atom is -0.464 e. The van der Waals surface area contributed by atoms with Gasteiger partial charge < -0.3 is 9.15 Å². The van der Waals surface area contributed by atoms with E-state index in [1.54, 1.807) is 31.2 Å². The summed E-state index contributed by atoms with van der Waals surface area (Å²) in [5.74, 6) is -1.53. The average molecular weight is 218 g/mol. The topological polar surface area (TPSA) is 56.5 Å². The summed E-state index contributed by atoms with van der Waals surface area (Å²) in [6, 6.07) is 7.03. The molecule has 4 nitrogen and oxygen atoms in total. The van der Waals surface area contributed by atoms with Crippen LogP contribution in [0.25, 0.3) is 11.0 Å². The van der Waals surface area contributed by atoms with Crippen molar-refractivity contribution in [2.45, 2.75) is 6.92 Å². The number of hydrogen-bond donors (Lipinski definition) is 0. The summed E-state index contributed by atoms with van der Waals surface area (Å²) in [7, 11) is 0. The Balaban J connectivity index is 2.40. The van der Waals surface area contributed by atoms with Crippen molar-refractivity contribution in [1.82, 2.24) is 0 Å². The Labute approximate surface area is 91.8 Å². The zero-order valence-corrected chi connectivity index (χ0v) is 8.73. The smallest absolute Gasteiger partial charge is 0.379 e. The van der Waals surface area contributed by atoms with Crippen LogP contribution >= 0.6 is 0 Å². The molecule has 0 saturated heterocycles. The highest BCUT2D eigenvalue weighted by molar-refractivity contribution is 6.42. The molecule has 0 amide bonds. The SMILES string of the molecule is CCOC(=O)C(=O)c1coc2ccccc12. The Kier molecular flexibility index (Phi) is 2.72. The lowest BCUT2D eigenvalue weighted by atomic mass is 10.1. The van der Waals surface area contributed by atoms with E-state index in [0.29, 0.717) is 11.0 Å². The van der Waals surface area contributed by atoms with Crippen molar-refractivity contribution in [2.24, 2.45) is 0 Å². The average Bonchev–Trinajstić information content (AvgIpc) is 2.72. The van der Waals surface area contributed by atoms with Gasteiger partial charge in [0.25, 0.3) is 5.78 Å². The van der Waals surface area contributed by atoms with Gasteiger partial charge in [0.1, 0.15) is 11.8 Å². The summed E-state index contributed by atoms with van der Waals surface area (Å²) < 4.78 is 9.82. The van der Waals surface area contributed by atoms with Crippen molar-refractivity contribution in [3.8, 4) is 0 Å². The molecule has 1 aromatic heterocycles. The molecule has 1 heterocycles. The van der Waals surface area contributed by atoms with E-state index in [0.717, 1.165) is 0 Å². The Bertz CT molecular complexity index is 539. The molecule has 0 atom stereocenters. The highest BCUT2D eigenvalue weighted by Gasteiger charge is 2.21. The van der Waals surface area contributed by atoms with Gasteiger partial charge in [0.2, 0.25) is 0 Å². The van der Waals surface area contributed by atoms with Crippen LogP contribution in [0.5, 0.6) is 0 Å². The number of furan rings is 1. The number of ketones is 1. The zero-order valence-electron chi connectivity index (χ0n) is 8.73. The van der Waals surface area contributed by atoms with Crippen molar-refractivity contribution in [3.05, 3.63) is 36.1 Å². The third kappa shape index (κ3) is 1.69. The van der Waals surface area contributed by atoms with E-state index in [-0.39, 0.29) is 12.2 Å². The second kappa shape index (κ2) is 4.18. The van der Waals surface area contributed by atoms with Crippen molar-refractivity contribution in [1.29, 1.82) is 0 Å². The van der Waals surface area contributed by atoms with Gasteiger partial charge in [-0.2, -0.15) is 0 Å². The van der Waals surface area contributed by atoms with E-state index in [2.05, 4.69) is 4.74 Å². The van der Waals surface area contributed by atoms with Crippen LogP contribution in [0.15, 0.2) is 34.9 Å². The van der Waals surface area contributed by atoms with E-state index in [9.17, 15) is 9.59 Å². The van der Waals surface area contributed by atoms with Crippen LogP contribution < -0.4 is 0 Å². The summed E-state index contributed by atoms with van der Waals surface area (Å²) in [5, 5.41) is 0.626. The minimum atomic E-state index is -0.853. The van der Waals surface area contributed by atoms with Crippen molar-refractivity contribution >= 4 is 22.7 Å². The number of ether oxygens (including phenoxy) is 1. The van der Waals surface area contributed by atoms with E-state index < -0.39 is 11.8 Å². The number of Topliss-reactive ketones (excluding diaryl/α,β-unsaturated/α-hetero) is 1. The molecule has 2 aromatic rings. The molecule has 2 rings (SSSR count). The fraction of sp³-hybridized carbons (Fsp3) is 0.167. The Morgan fingerprint density at radius 1 is 1.31 bits per heavy atom. The van der Waals surface area contributed by atoms with Crippen molar-refractivity contribution < 1.29 is 18.7 Å². The number of fused-ring (bicyclic) bond motifs is 1. The predicted octanol–water partition coefficient (Wildman–Crippen LogP) is 2.18. The summed E-state index contributed by atoms with van der Waals surface area (Å²) in [6.45, 7) is 1.83. The van der Waals surface area contributed by atoms with E-state index in [4.69, 9.17) is 4.42 Å². The monoisotopic (exact) mass is 218 g/mol. The number of rotatable bonds is 3. The third-order valence-electron chi connectivity index (χ3n) is 2.19. The minimum absolute atomic E-state index is 0.181. The van der Waals surface area contributed by atoms with Crippen LogP contribution in [0.4, 0.5) is 0 Å². The molecule has 0 radical (unpaired) electrons. The number of carbonyl (C=O) groups excluding carboxylic acids is 2. The zero-order chi connectivity index (χ0) is 11.5. The second-order valence-electron chi connectivity index (χ2n) is 3.20.